The molecule has 0 unspecified atom stereocenters. The number of ether oxygens (including phenoxy) is 2. The molecule has 6 heteroatoms. The van der Waals surface area contributed by atoms with E-state index in [2.05, 4.69) is 4.74 Å². The lowest BCUT2D eigenvalue weighted by Gasteiger charge is -2.08. The van der Waals surface area contributed by atoms with E-state index in [9.17, 15) is 14.9 Å². The van der Waals surface area contributed by atoms with E-state index in [0.29, 0.717) is 5.56 Å². The maximum absolute atomic E-state index is 11.3. The second-order valence-corrected chi connectivity index (χ2v) is 3.06. The predicted octanol–water partition coefficient (Wildman–Crippen LogP) is 1.70. The maximum Gasteiger partial charge on any atom is 0.345 e. The summed E-state index contributed by atoms with van der Waals surface area (Å²) >= 11 is 0. The first-order chi connectivity index (χ1) is 7.52. The van der Waals surface area contributed by atoms with Crippen LogP contribution < -0.4 is 4.74 Å². The van der Waals surface area contributed by atoms with Gasteiger partial charge in [0.1, 0.15) is 5.56 Å². The molecule has 0 aliphatic heterocycles. The molecular weight excluding hydrogens is 214 g/mol. The predicted molar refractivity (Wildman–Crippen MR) is 55.7 cm³/mol. The molecule has 0 fully saturated rings. The largest absolute Gasteiger partial charge is 0.490 e. The van der Waals surface area contributed by atoms with E-state index in [4.69, 9.17) is 4.74 Å². The molecule has 6 nitrogen and oxygen atoms in total. The Kier molecular flexibility index (Phi) is 3.44. The SMILES string of the molecule is COC(=O)c1ccc(C)c(OC)c1[N+](=O)[O-]. The van der Waals surface area contributed by atoms with Gasteiger partial charge in [0.05, 0.1) is 19.1 Å². The summed E-state index contributed by atoms with van der Waals surface area (Å²) in [6.45, 7) is 1.66. The van der Waals surface area contributed by atoms with Crippen LogP contribution in [-0.2, 0) is 4.74 Å². The number of carbonyl (C=O) groups excluding carboxylic acids is 1. The average molecular weight is 225 g/mol. The zero-order chi connectivity index (χ0) is 12.3. The molecule has 0 saturated heterocycles. The van der Waals surface area contributed by atoms with Crippen molar-refractivity contribution in [1.29, 1.82) is 0 Å². The second-order valence-electron chi connectivity index (χ2n) is 3.06. The smallest absolute Gasteiger partial charge is 0.345 e. The lowest BCUT2D eigenvalue weighted by atomic mass is 10.1. The molecule has 0 bridgehead atoms. The minimum atomic E-state index is -0.759. The zero-order valence-corrected chi connectivity index (χ0v) is 9.14. The second kappa shape index (κ2) is 4.61. The van der Waals surface area contributed by atoms with Gasteiger partial charge in [0.2, 0.25) is 5.75 Å². The number of hydrogen-bond acceptors (Lipinski definition) is 5. The van der Waals surface area contributed by atoms with Gasteiger partial charge in [0.15, 0.2) is 0 Å². The summed E-state index contributed by atoms with van der Waals surface area (Å²) in [7, 11) is 2.48. The van der Waals surface area contributed by atoms with Crippen LogP contribution in [0.25, 0.3) is 0 Å². The summed E-state index contributed by atoms with van der Waals surface area (Å²) in [5.74, 6) is -0.682. The number of nitrogens with zero attached hydrogens (tertiary/aromatic N) is 1. The Morgan fingerprint density at radius 2 is 2.00 bits per heavy atom. The summed E-state index contributed by atoms with van der Waals surface area (Å²) < 4.78 is 9.39. The third kappa shape index (κ3) is 1.95. The molecule has 0 saturated carbocycles. The molecule has 0 heterocycles. The third-order valence-corrected chi connectivity index (χ3v) is 2.12. The highest BCUT2D eigenvalue weighted by Crippen LogP contribution is 2.34. The number of benzene rings is 1. The first-order valence-electron chi connectivity index (χ1n) is 4.43. The maximum atomic E-state index is 11.3. The summed E-state index contributed by atoms with van der Waals surface area (Å²) in [6.07, 6.45) is 0. The van der Waals surface area contributed by atoms with Gasteiger partial charge in [-0.05, 0) is 18.6 Å². The molecule has 0 radical (unpaired) electrons. The van der Waals surface area contributed by atoms with Gasteiger partial charge in [-0.3, -0.25) is 10.1 Å². The van der Waals surface area contributed by atoms with Gasteiger partial charge in [-0.25, -0.2) is 4.79 Å². The van der Waals surface area contributed by atoms with Crippen molar-refractivity contribution >= 4 is 11.7 Å². The average Bonchev–Trinajstić information content (AvgIpc) is 2.27. The summed E-state index contributed by atoms with van der Waals surface area (Å²) in [5, 5.41) is 10.9. The van der Waals surface area contributed by atoms with Crippen molar-refractivity contribution in [2.24, 2.45) is 0 Å². The van der Waals surface area contributed by atoms with Crippen LogP contribution in [0.3, 0.4) is 0 Å². The van der Waals surface area contributed by atoms with Gasteiger partial charge < -0.3 is 9.47 Å². The Balaban J connectivity index is 3.51. The van der Waals surface area contributed by atoms with E-state index < -0.39 is 10.9 Å². The Morgan fingerprint density at radius 1 is 1.38 bits per heavy atom. The minimum Gasteiger partial charge on any atom is -0.490 e. The Hall–Kier alpha value is -2.11. The number of aryl methyl sites for hydroxylation is 1. The normalized spacial score (nSPS) is 9.69. The van der Waals surface area contributed by atoms with Crippen LogP contribution in [0.1, 0.15) is 15.9 Å². The Labute approximate surface area is 91.9 Å². The fourth-order valence-electron chi connectivity index (χ4n) is 1.39. The molecule has 0 aliphatic rings. The molecule has 0 aromatic heterocycles. The van der Waals surface area contributed by atoms with E-state index >= 15 is 0 Å². The molecule has 1 aromatic rings. The van der Waals surface area contributed by atoms with E-state index in [1.807, 2.05) is 0 Å². The molecule has 1 aromatic carbocycles. The fraction of sp³-hybridized carbons (Fsp3) is 0.300. The Morgan fingerprint density at radius 3 is 2.44 bits per heavy atom. The molecule has 0 amide bonds. The van der Waals surface area contributed by atoms with Crippen LogP contribution in [0.4, 0.5) is 5.69 Å². The molecule has 0 aliphatic carbocycles. The number of carbonyl (C=O) groups is 1. The van der Waals surface area contributed by atoms with Gasteiger partial charge in [-0.2, -0.15) is 0 Å². The van der Waals surface area contributed by atoms with E-state index in [1.165, 1.54) is 20.3 Å². The number of nitro groups is 1. The van der Waals surface area contributed by atoms with Gasteiger partial charge in [0.25, 0.3) is 0 Å². The minimum absolute atomic E-state index is 0.0768. The highest BCUT2D eigenvalue weighted by atomic mass is 16.6. The van der Waals surface area contributed by atoms with Gasteiger partial charge in [0, 0.05) is 0 Å². The van der Waals surface area contributed by atoms with Crippen LogP contribution in [0.15, 0.2) is 12.1 Å². The Bertz CT molecular complexity index is 441. The van der Waals surface area contributed by atoms with Gasteiger partial charge in [-0.1, -0.05) is 6.07 Å². The van der Waals surface area contributed by atoms with Crippen LogP contribution in [-0.4, -0.2) is 25.1 Å². The van der Waals surface area contributed by atoms with Crippen LogP contribution in [0.5, 0.6) is 5.75 Å². The van der Waals surface area contributed by atoms with Crippen molar-refractivity contribution < 1.29 is 19.2 Å². The van der Waals surface area contributed by atoms with Crippen molar-refractivity contribution in [2.75, 3.05) is 14.2 Å². The van der Waals surface area contributed by atoms with E-state index in [1.54, 1.807) is 13.0 Å². The quantitative estimate of drug-likeness (QED) is 0.444. The van der Waals surface area contributed by atoms with E-state index in [-0.39, 0.29) is 17.0 Å². The van der Waals surface area contributed by atoms with Gasteiger partial charge >= 0.3 is 11.7 Å². The van der Waals surface area contributed by atoms with Crippen molar-refractivity contribution in [3.05, 3.63) is 33.4 Å². The van der Waals surface area contributed by atoms with Crippen molar-refractivity contribution in [1.82, 2.24) is 0 Å². The first kappa shape index (κ1) is 12.0. The van der Waals surface area contributed by atoms with Gasteiger partial charge in [-0.15, -0.1) is 0 Å². The van der Waals surface area contributed by atoms with Crippen LogP contribution in [0.2, 0.25) is 0 Å². The number of hydrogen-bond donors (Lipinski definition) is 0. The lowest BCUT2D eigenvalue weighted by Crippen LogP contribution is -2.07. The monoisotopic (exact) mass is 225 g/mol. The number of esters is 1. The zero-order valence-electron chi connectivity index (χ0n) is 9.14. The highest BCUT2D eigenvalue weighted by molar-refractivity contribution is 5.95. The van der Waals surface area contributed by atoms with Crippen LogP contribution >= 0.6 is 0 Å². The highest BCUT2D eigenvalue weighted by Gasteiger charge is 2.27. The molecule has 16 heavy (non-hydrogen) atoms. The van der Waals surface area contributed by atoms with Crippen molar-refractivity contribution in [2.45, 2.75) is 6.92 Å². The molecule has 0 N–H and O–H groups in total. The number of methoxy groups -OCH3 is 2. The molecule has 0 spiro atoms. The summed E-state index contributed by atoms with van der Waals surface area (Å²) in [6, 6.07) is 2.92. The van der Waals surface area contributed by atoms with Crippen LogP contribution in [0, 0.1) is 17.0 Å². The number of rotatable bonds is 3. The van der Waals surface area contributed by atoms with Crippen molar-refractivity contribution in [3.8, 4) is 5.75 Å². The summed E-state index contributed by atoms with van der Waals surface area (Å²) in [5.41, 5.74) is 0.103. The third-order valence-electron chi connectivity index (χ3n) is 2.12. The standard InChI is InChI=1S/C10H11NO5/c1-6-4-5-7(10(12)16-3)8(11(13)14)9(6)15-2/h4-5H,1-3H3. The number of nitro benzene ring substituents is 1. The first-order valence-corrected chi connectivity index (χ1v) is 4.43. The summed E-state index contributed by atoms with van der Waals surface area (Å²) in [4.78, 5) is 21.6. The fourth-order valence-corrected chi connectivity index (χ4v) is 1.39. The lowest BCUT2D eigenvalue weighted by molar-refractivity contribution is -0.386. The van der Waals surface area contributed by atoms with E-state index in [0.717, 1.165) is 0 Å². The molecule has 1 rings (SSSR count). The van der Waals surface area contributed by atoms with Crippen molar-refractivity contribution in [3.63, 3.8) is 0 Å². The topological polar surface area (TPSA) is 78.7 Å². The molecule has 0 atom stereocenters. The molecular formula is C10H11NO5. The molecule has 86 valence electrons.